The van der Waals surface area contributed by atoms with Crippen LogP contribution in [0, 0.1) is 0 Å². The molecule has 3 rings (SSSR count). The van der Waals surface area contributed by atoms with Crippen LogP contribution in [0.25, 0.3) is 6.08 Å². The van der Waals surface area contributed by atoms with Gasteiger partial charge in [0.1, 0.15) is 11.5 Å². The number of benzene rings is 2. The van der Waals surface area contributed by atoms with Crippen molar-refractivity contribution in [3.8, 4) is 23.0 Å². The zero-order valence-corrected chi connectivity index (χ0v) is 14.8. The second-order valence-electron chi connectivity index (χ2n) is 5.33. The Hall–Kier alpha value is -2.60. The van der Waals surface area contributed by atoms with Gasteiger partial charge in [-0.2, -0.15) is 0 Å². The number of ketones is 1. The van der Waals surface area contributed by atoms with E-state index in [0.29, 0.717) is 35.0 Å². The Balaban J connectivity index is 1.86. The van der Waals surface area contributed by atoms with E-state index in [4.69, 9.17) is 14.2 Å². The molecule has 2 aromatic carbocycles. The molecule has 6 heteroatoms. The van der Waals surface area contributed by atoms with Gasteiger partial charge in [0.05, 0.1) is 31.3 Å². The minimum atomic E-state index is -0.200. The number of phenols is 1. The molecule has 0 bridgehead atoms. The maximum atomic E-state index is 12.6. The van der Waals surface area contributed by atoms with Gasteiger partial charge < -0.3 is 19.3 Å². The van der Waals surface area contributed by atoms with Crippen LogP contribution in [0.5, 0.6) is 23.0 Å². The summed E-state index contributed by atoms with van der Waals surface area (Å²) in [5, 5.41) is 9.81. The van der Waals surface area contributed by atoms with Gasteiger partial charge in [0.25, 0.3) is 0 Å². The quantitative estimate of drug-likeness (QED) is 0.648. The van der Waals surface area contributed by atoms with Crippen molar-refractivity contribution in [2.75, 3.05) is 26.6 Å². The van der Waals surface area contributed by atoms with E-state index in [1.54, 1.807) is 36.0 Å². The summed E-state index contributed by atoms with van der Waals surface area (Å²) in [4.78, 5) is 13.6. The molecule has 0 aliphatic carbocycles. The zero-order valence-electron chi connectivity index (χ0n) is 13.9. The second kappa shape index (κ2) is 7.53. The standard InChI is InChI=1S/C19H18O5S/c1-22-16-6-4-12(9-15(16)21)3-5-14(20)13-10-18-19(11-17(13)23-2)25-8-7-24-18/h3-6,9-11,21H,7-8H2,1-2H3/b5-3+. The van der Waals surface area contributed by atoms with E-state index in [9.17, 15) is 9.90 Å². The van der Waals surface area contributed by atoms with E-state index in [1.807, 2.05) is 6.07 Å². The predicted molar refractivity (Wildman–Crippen MR) is 97.2 cm³/mol. The molecular formula is C19H18O5S. The first-order valence-corrected chi connectivity index (χ1v) is 8.68. The Morgan fingerprint density at radius 2 is 2.00 bits per heavy atom. The SMILES string of the molecule is COc1ccc(/C=C/C(=O)c2cc3c(cc2OC)SCCO3)cc1O. The normalized spacial score (nSPS) is 13.2. The van der Waals surface area contributed by atoms with E-state index in [1.165, 1.54) is 26.4 Å². The van der Waals surface area contributed by atoms with E-state index in [0.717, 1.165) is 10.6 Å². The van der Waals surface area contributed by atoms with Gasteiger partial charge in [-0.15, -0.1) is 11.8 Å². The molecule has 0 saturated heterocycles. The fraction of sp³-hybridized carbons (Fsp3) is 0.211. The molecule has 0 aromatic heterocycles. The summed E-state index contributed by atoms with van der Waals surface area (Å²) in [6, 6.07) is 8.49. The third-order valence-electron chi connectivity index (χ3n) is 3.76. The van der Waals surface area contributed by atoms with Crippen LogP contribution in [-0.4, -0.2) is 37.5 Å². The van der Waals surface area contributed by atoms with Crippen molar-refractivity contribution >= 4 is 23.6 Å². The third-order valence-corrected chi connectivity index (χ3v) is 4.76. The molecule has 0 amide bonds. The van der Waals surface area contributed by atoms with Crippen LogP contribution >= 0.6 is 11.8 Å². The first kappa shape index (κ1) is 17.2. The Labute approximate surface area is 150 Å². The maximum Gasteiger partial charge on any atom is 0.189 e. The fourth-order valence-electron chi connectivity index (χ4n) is 2.50. The Morgan fingerprint density at radius 1 is 1.20 bits per heavy atom. The molecule has 130 valence electrons. The van der Waals surface area contributed by atoms with Crippen molar-refractivity contribution < 1.29 is 24.1 Å². The van der Waals surface area contributed by atoms with Gasteiger partial charge >= 0.3 is 0 Å². The average Bonchev–Trinajstić information content (AvgIpc) is 2.65. The molecule has 1 aliphatic rings. The van der Waals surface area contributed by atoms with Crippen LogP contribution in [0.15, 0.2) is 41.3 Å². The van der Waals surface area contributed by atoms with Crippen LogP contribution in [-0.2, 0) is 0 Å². The number of allylic oxidation sites excluding steroid dienone is 1. The molecule has 1 aliphatic heterocycles. The molecule has 2 aromatic rings. The van der Waals surface area contributed by atoms with Gasteiger partial charge in [0.2, 0.25) is 0 Å². The molecule has 0 radical (unpaired) electrons. The molecule has 1 N–H and O–H groups in total. The molecule has 0 spiro atoms. The number of hydrogen-bond donors (Lipinski definition) is 1. The molecular weight excluding hydrogens is 340 g/mol. The summed E-state index contributed by atoms with van der Waals surface area (Å²) in [5.74, 6) is 2.31. The topological polar surface area (TPSA) is 65.0 Å². The average molecular weight is 358 g/mol. The lowest BCUT2D eigenvalue weighted by atomic mass is 10.1. The van der Waals surface area contributed by atoms with Crippen LogP contribution in [0.4, 0.5) is 0 Å². The van der Waals surface area contributed by atoms with Crippen molar-refractivity contribution in [2.24, 2.45) is 0 Å². The monoisotopic (exact) mass is 358 g/mol. The summed E-state index contributed by atoms with van der Waals surface area (Å²) >= 11 is 1.68. The van der Waals surface area contributed by atoms with Gasteiger partial charge in [-0.3, -0.25) is 4.79 Å². The zero-order chi connectivity index (χ0) is 17.8. The highest BCUT2D eigenvalue weighted by atomic mass is 32.2. The molecule has 5 nitrogen and oxygen atoms in total. The molecule has 25 heavy (non-hydrogen) atoms. The number of fused-ring (bicyclic) bond motifs is 1. The highest BCUT2D eigenvalue weighted by Gasteiger charge is 2.18. The number of rotatable bonds is 5. The highest BCUT2D eigenvalue weighted by Crippen LogP contribution is 2.38. The number of carbonyl (C=O) groups is 1. The molecule has 0 unspecified atom stereocenters. The lowest BCUT2D eigenvalue weighted by Gasteiger charge is -2.18. The minimum absolute atomic E-state index is 0.0221. The van der Waals surface area contributed by atoms with E-state index < -0.39 is 0 Å². The molecule has 1 heterocycles. The second-order valence-corrected chi connectivity index (χ2v) is 6.46. The molecule has 0 fully saturated rings. The lowest BCUT2D eigenvalue weighted by Crippen LogP contribution is -2.09. The number of thioether (sulfide) groups is 1. The molecule has 0 atom stereocenters. The van der Waals surface area contributed by atoms with E-state index in [2.05, 4.69) is 0 Å². The number of ether oxygens (including phenoxy) is 3. The number of aromatic hydroxyl groups is 1. The van der Waals surface area contributed by atoms with Crippen LogP contribution in [0.1, 0.15) is 15.9 Å². The Bertz CT molecular complexity index is 829. The fourth-order valence-corrected chi connectivity index (χ4v) is 3.34. The number of carbonyl (C=O) groups excluding carboxylic acids is 1. The largest absolute Gasteiger partial charge is 0.504 e. The Kier molecular flexibility index (Phi) is 5.19. The third kappa shape index (κ3) is 3.74. The van der Waals surface area contributed by atoms with Crippen LogP contribution in [0.3, 0.4) is 0 Å². The van der Waals surface area contributed by atoms with Crippen LogP contribution in [0.2, 0.25) is 0 Å². The summed E-state index contributed by atoms with van der Waals surface area (Å²) in [6.07, 6.45) is 3.08. The van der Waals surface area contributed by atoms with Gasteiger partial charge in [-0.05, 0) is 35.9 Å². The van der Waals surface area contributed by atoms with Gasteiger partial charge in [-0.1, -0.05) is 12.1 Å². The van der Waals surface area contributed by atoms with Crippen molar-refractivity contribution in [3.63, 3.8) is 0 Å². The van der Waals surface area contributed by atoms with Crippen molar-refractivity contribution in [3.05, 3.63) is 47.5 Å². The first-order chi connectivity index (χ1) is 12.1. The summed E-state index contributed by atoms with van der Waals surface area (Å²) in [5.41, 5.74) is 1.13. The lowest BCUT2D eigenvalue weighted by molar-refractivity contribution is 0.104. The number of hydrogen-bond acceptors (Lipinski definition) is 6. The number of phenolic OH excluding ortho intramolecular Hbond substituents is 1. The highest BCUT2D eigenvalue weighted by molar-refractivity contribution is 7.99. The van der Waals surface area contributed by atoms with Crippen molar-refractivity contribution in [1.82, 2.24) is 0 Å². The first-order valence-electron chi connectivity index (χ1n) is 7.69. The summed E-state index contributed by atoms with van der Waals surface area (Å²) < 4.78 is 16.0. The minimum Gasteiger partial charge on any atom is -0.504 e. The summed E-state index contributed by atoms with van der Waals surface area (Å²) in [7, 11) is 3.02. The van der Waals surface area contributed by atoms with Gasteiger partial charge in [-0.25, -0.2) is 0 Å². The number of methoxy groups -OCH3 is 2. The summed E-state index contributed by atoms with van der Waals surface area (Å²) in [6.45, 7) is 0.624. The van der Waals surface area contributed by atoms with Crippen molar-refractivity contribution in [1.29, 1.82) is 0 Å². The van der Waals surface area contributed by atoms with E-state index >= 15 is 0 Å². The molecule has 0 saturated carbocycles. The maximum absolute atomic E-state index is 12.6. The van der Waals surface area contributed by atoms with Gasteiger partial charge in [0.15, 0.2) is 17.3 Å². The van der Waals surface area contributed by atoms with Crippen molar-refractivity contribution in [2.45, 2.75) is 4.90 Å². The predicted octanol–water partition coefficient (Wildman–Crippen LogP) is 3.79. The van der Waals surface area contributed by atoms with Crippen LogP contribution < -0.4 is 14.2 Å². The smallest absolute Gasteiger partial charge is 0.189 e. The van der Waals surface area contributed by atoms with Gasteiger partial charge in [0, 0.05) is 5.75 Å². The Morgan fingerprint density at radius 3 is 2.72 bits per heavy atom. The van der Waals surface area contributed by atoms with E-state index in [-0.39, 0.29) is 11.5 Å².